The van der Waals surface area contributed by atoms with Gasteiger partial charge in [0, 0.05) is 23.0 Å². The van der Waals surface area contributed by atoms with E-state index >= 15 is 0 Å². The SMILES string of the molecule is Cc1cc(C=Nn2c(-c3cccnc3)nc3ccc(Cl)cc3c2=O)oc1C. The molecule has 0 saturated carbocycles. The quantitative estimate of drug-likeness (QED) is 0.501. The molecule has 27 heavy (non-hydrogen) atoms. The van der Waals surface area contributed by atoms with Crippen LogP contribution in [-0.4, -0.2) is 20.9 Å². The van der Waals surface area contributed by atoms with Crippen molar-refractivity contribution in [3.05, 3.63) is 81.3 Å². The molecule has 0 fully saturated rings. The van der Waals surface area contributed by atoms with Gasteiger partial charge in [-0.25, -0.2) is 4.98 Å². The van der Waals surface area contributed by atoms with Gasteiger partial charge in [-0.15, -0.1) is 0 Å². The largest absolute Gasteiger partial charge is 0.460 e. The van der Waals surface area contributed by atoms with E-state index in [0.717, 1.165) is 11.3 Å². The van der Waals surface area contributed by atoms with Gasteiger partial charge in [0.2, 0.25) is 0 Å². The third-order valence-electron chi connectivity index (χ3n) is 4.21. The lowest BCUT2D eigenvalue weighted by molar-refractivity contribution is 0.525. The summed E-state index contributed by atoms with van der Waals surface area (Å²) in [6.45, 7) is 3.82. The number of halogens is 1. The second-order valence-electron chi connectivity index (χ2n) is 6.09. The zero-order valence-corrected chi connectivity index (χ0v) is 15.4. The first-order valence-electron chi connectivity index (χ1n) is 8.27. The Morgan fingerprint density at radius 1 is 1.22 bits per heavy atom. The molecule has 4 aromatic rings. The zero-order valence-electron chi connectivity index (χ0n) is 14.7. The van der Waals surface area contributed by atoms with Crippen LogP contribution in [0.15, 0.2) is 63.1 Å². The molecule has 0 saturated heterocycles. The summed E-state index contributed by atoms with van der Waals surface area (Å²) in [5.41, 5.74) is 1.91. The van der Waals surface area contributed by atoms with Gasteiger partial charge in [0.25, 0.3) is 5.56 Å². The Balaban J connectivity index is 1.95. The predicted molar refractivity (Wildman–Crippen MR) is 105 cm³/mol. The molecule has 0 amide bonds. The number of hydrogen-bond acceptors (Lipinski definition) is 5. The van der Waals surface area contributed by atoms with Crippen LogP contribution in [0, 0.1) is 13.8 Å². The van der Waals surface area contributed by atoms with E-state index in [-0.39, 0.29) is 5.56 Å². The van der Waals surface area contributed by atoms with Gasteiger partial charge in [0.05, 0.1) is 17.1 Å². The molecule has 0 unspecified atom stereocenters. The summed E-state index contributed by atoms with van der Waals surface area (Å²) in [6.07, 6.45) is 4.79. The van der Waals surface area contributed by atoms with Crippen LogP contribution in [0.2, 0.25) is 5.02 Å². The van der Waals surface area contributed by atoms with E-state index in [4.69, 9.17) is 16.0 Å². The number of hydrogen-bond donors (Lipinski definition) is 0. The van der Waals surface area contributed by atoms with Crippen molar-refractivity contribution >= 4 is 28.7 Å². The minimum Gasteiger partial charge on any atom is -0.460 e. The van der Waals surface area contributed by atoms with Gasteiger partial charge >= 0.3 is 0 Å². The van der Waals surface area contributed by atoms with Crippen molar-refractivity contribution in [2.45, 2.75) is 13.8 Å². The van der Waals surface area contributed by atoms with Crippen molar-refractivity contribution in [2.75, 3.05) is 0 Å². The number of pyridine rings is 1. The number of aromatic nitrogens is 3. The van der Waals surface area contributed by atoms with Gasteiger partial charge in [-0.2, -0.15) is 9.78 Å². The highest BCUT2D eigenvalue weighted by atomic mass is 35.5. The van der Waals surface area contributed by atoms with Crippen LogP contribution in [-0.2, 0) is 0 Å². The Morgan fingerprint density at radius 3 is 2.78 bits per heavy atom. The Hall–Kier alpha value is -3.25. The first-order valence-corrected chi connectivity index (χ1v) is 8.65. The number of nitrogens with zero attached hydrogens (tertiary/aromatic N) is 4. The second kappa shape index (κ2) is 6.81. The average molecular weight is 379 g/mol. The number of rotatable bonds is 3. The molecule has 0 aliphatic rings. The maximum Gasteiger partial charge on any atom is 0.282 e. The summed E-state index contributed by atoms with van der Waals surface area (Å²) in [7, 11) is 0. The lowest BCUT2D eigenvalue weighted by Gasteiger charge is -2.09. The minimum absolute atomic E-state index is 0.322. The van der Waals surface area contributed by atoms with E-state index in [9.17, 15) is 4.79 Å². The van der Waals surface area contributed by atoms with Crippen LogP contribution in [0.1, 0.15) is 17.1 Å². The third-order valence-corrected chi connectivity index (χ3v) is 4.45. The molecule has 7 heteroatoms. The summed E-state index contributed by atoms with van der Waals surface area (Å²) < 4.78 is 6.85. The molecule has 0 spiro atoms. The van der Waals surface area contributed by atoms with E-state index in [1.54, 1.807) is 36.7 Å². The first kappa shape index (κ1) is 17.2. The van der Waals surface area contributed by atoms with Gasteiger partial charge in [-0.1, -0.05) is 11.6 Å². The monoisotopic (exact) mass is 378 g/mol. The molecule has 3 heterocycles. The van der Waals surface area contributed by atoms with Crippen LogP contribution >= 0.6 is 11.6 Å². The van der Waals surface area contributed by atoms with Crippen molar-refractivity contribution in [2.24, 2.45) is 5.10 Å². The van der Waals surface area contributed by atoms with E-state index in [1.807, 2.05) is 26.0 Å². The number of benzene rings is 1. The fourth-order valence-corrected chi connectivity index (χ4v) is 2.89. The summed E-state index contributed by atoms with van der Waals surface area (Å²) in [6, 6.07) is 10.5. The smallest absolute Gasteiger partial charge is 0.282 e. The van der Waals surface area contributed by atoms with Crippen LogP contribution < -0.4 is 5.56 Å². The molecule has 134 valence electrons. The lowest BCUT2D eigenvalue weighted by Crippen LogP contribution is -2.20. The fraction of sp³-hybridized carbons (Fsp3) is 0.100. The maximum absolute atomic E-state index is 13.1. The zero-order chi connectivity index (χ0) is 19.0. The molecule has 0 aliphatic carbocycles. The molecule has 1 aromatic carbocycles. The van der Waals surface area contributed by atoms with Gasteiger partial charge in [0.1, 0.15) is 11.5 Å². The highest BCUT2D eigenvalue weighted by Gasteiger charge is 2.13. The molecule has 6 nitrogen and oxygen atoms in total. The van der Waals surface area contributed by atoms with Gasteiger partial charge in [0.15, 0.2) is 5.82 Å². The standard InChI is InChI=1S/C20H15ClN4O2/c1-12-8-16(27-13(12)2)11-23-25-19(14-4-3-7-22-10-14)24-18-6-5-15(21)9-17(18)20(25)26/h3-11H,1-2H3. The normalized spacial score (nSPS) is 11.5. The molecule has 0 bridgehead atoms. The Kier molecular flexibility index (Phi) is 4.33. The number of aryl methyl sites for hydroxylation is 2. The highest BCUT2D eigenvalue weighted by Crippen LogP contribution is 2.20. The molecule has 4 rings (SSSR count). The minimum atomic E-state index is -0.322. The average Bonchev–Trinajstić information content (AvgIpc) is 2.99. The maximum atomic E-state index is 13.1. The molecular formula is C20H15ClN4O2. The van der Waals surface area contributed by atoms with Crippen LogP contribution in [0.3, 0.4) is 0 Å². The molecule has 0 radical (unpaired) electrons. The van der Waals surface area contributed by atoms with Gasteiger partial charge in [-0.05, 0) is 55.8 Å². The van der Waals surface area contributed by atoms with Crippen molar-refractivity contribution in [1.29, 1.82) is 0 Å². The van der Waals surface area contributed by atoms with E-state index in [2.05, 4.69) is 15.1 Å². The van der Waals surface area contributed by atoms with Crippen molar-refractivity contribution < 1.29 is 4.42 Å². The topological polar surface area (TPSA) is 73.3 Å². The van der Waals surface area contributed by atoms with Crippen molar-refractivity contribution in [1.82, 2.24) is 14.6 Å². The Bertz CT molecular complexity index is 1210. The molecular weight excluding hydrogens is 364 g/mol. The summed E-state index contributed by atoms with van der Waals surface area (Å²) in [5.74, 6) is 1.75. The first-order chi connectivity index (χ1) is 13.0. The summed E-state index contributed by atoms with van der Waals surface area (Å²) >= 11 is 6.05. The Labute approximate surface area is 159 Å². The molecule has 3 aromatic heterocycles. The van der Waals surface area contributed by atoms with Crippen LogP contribution in [0.25, 0.3) is 22.3 Å². The fourth-order valence-electron chi connectivity index (χ4n) is 2.72. The second-order valence-corrected chi connectivity index (χ2v) is 6.52. The van der Waals surface area contributed by atoms with Gasteiger partial charge < -0.3 is 4.42 Å². The number of furan rings is 1. The summed E-state index contributed by atoms with van der Waals surface area (Å²) in [5, 5.41) is 5.19. The van der Waals surface area contributed by atoms with E-state index in [0.29, 0.717) is 33.1 Å². The van der Waals surface area contributed by atoms with Crippen LogP contribution in [0.5, 0.6) is 0 Å². The number of fused-ring (bicyclic) bond motifs is 1. The lowest BCUT2D eigenvalue weighted by atomic mass is 10.2. The van der Waals surface area contributed by atoms with Crippen molar-refractivity contribution in [3.8, 4) is 11.4 Å². The van der Waals surface area contributed by atoms with Gasteiger partial charge in [-0.3, -0.25) is 9.78 Å². The molecule has 0 aliphatic heterocycles. The van der Waals surface area contributed by atoms with Crippen molar-refractivity contribution in [3.63, 3.8) is 0 Å². The summed E-state index contributed by atoms with van der Waals surface area (Å²) in [4.78, 5) is 21.8. The highest BCUT2D eigenvalue weighted by molar-refractivity contribution is 6.31. The van der Waals surface area contributed by atoms with E-state index in [1.165, 1.54) is 10.9 Å². The van der Waals surface area contributed by atoms with E-state index < -0.39 is 0 Å². The molecule has 0 atom stereocenters. The molecule has 0 N–H and O–H groups in total. The Morgan fingerprint density at radius 2 is 2.07 bits per heavy atom. The third kappa shape index (κ3) is 3.27. The predicted octanol–water partition coefficient (Wildman–Crippen LogP) is 4.20. The van der Waals surface area contributed by atoms with Crippen LogP contribution in [0.4, 0.5) is 0 Å².